The van der Waals surface area contributed by atoms with Gasteiger partial charge in [0.05, 0.1) is 27.1 Å². The number of anilines is 1. The van der Waals surface area contributed by atoms with E-state index in [2.05, 4.69) is 14.7 Å². The van der Waals surface area contributed by atoms with Crippen molar-refractivity contribution >= 4 is 11.8 Å². The molecule has 2 N–H and O–H groups in total. The number of hydrogen-bond donors (Lipinski definition) is 1. The molecule has 100 valence electrons. The third kappa shape index (κ3) is 2.65. The highest BCUT2D eigenvalue weighted by Gasteiger charge is 2.16. The minimum Gasteiger partial charge on any atom is -0.481 e. The molecular formula is C12H14N4O3. The van der Waals surface area contributed by atoms with Crippen molar-refractivity contribution in [1.29, 1.82) is 0 Å². The summed E-state index contributed by atoms with van der Waals surface area (Å²) in [4.78, 5) is 19.4. The number of hydrogen-bond acceptors (Lipinski definition) is 6. The second kappa shape index (κ2) is 5.38. The number of aromatic nitrogens is 3. The molecule has 2 heterocycles. The maximum atomic E-state index is 11.4. The molecule has 0 aliphatic heterocycles. The van der Waals surface area contributed by atoms with Gasteiger partial charge in [0, 0.05) is 12.3 Å². The second-order valence-electron chi connectivity index (χ2n) is 3.81. The molecule has 0 spiro atoms. The summed E-state index contributed by atoms with van der Waals surface area (Å²) in [6.07, 6.45) is 3.17. The van der Waals surface area contributed by atoms with E-state index in [0.717, 1.165) is 5.56 Å². The van der Waals surface area contributed by atoms with Crippen LogP contribution in [0, 0.1) is 0 Å². The predicted molar refractivity (Wildman–Crippen MR) is 67.9 cm³/mol. The van der Waals surface area contributed by atoms with Gasteiger partial charge in [-0.3, -0.25) is 0 Å². The highest BCUT2D eigenvalue weighted by Crippen LogP contribution is 2.14. The minimum atomic E-state index is -0.552. The molecule has 0 unspecified atom stereocenters. The number of nitrogens with zero attached hydrogens (tertiary/aromatic N) is 3. The summed E-state index contributed by atoms with van der Waals surface area (Å²) in [7, 11) is 2.84. The summed E-state index contributed by atoms with van der Waals surface area (Å²) in [5.41, 5.74) is 6.87. The van der Waals surface area contributed by atoms with E-state index in [1.807, 2.05) is 6.07 Å². The van der Waals surface area contributed by atoms with Gasteiger partial charge in [0.15, 0.2) is 5.69 Å². The van der Waals surface area contributed by atoms with Crippen LogP contribution in [0.15, 0.2) is 24.7 Å². The number of nitrogens with two attached hydrogens (primary N) is 1. The van der Waals surface area contributed by atoms with Crippen molar-refractivity contribution in [2.75, 3.05) is 20.0 Å². The first kappa shape index (κ1) is 12.9. The van der Waals surface area contributed by atoms with Crippen LogP contribution in [0.25, 0.3) is 0 Å². The van der Waals surface area contributed by atoms with Gasteiger partial charge in [0.25, 0.3) is 0 Å². The van der Waals surface area contributed by atoms with E-state index in [-0.39, 0.29) is 11.5 Å². The normalized spacial score (nSPS) is 10.2. The van der Waals surface area contributed by atoms with Crippen LogP contribution in [-0.2, 0) is 11.3 Å². The van der Waals surface area contributed by atoms with E-state index in [1.165, 1.54) is 13.4 Å². The van der Waals surface area contributed by atoms with Crippen LogP contribution >= 0.6 is 0 Å². The van der Waals surface area contributed by atoms with Gasteiger partial charge in [0.2, 0.25) is 5.88 Å². The Bertz CT molecular complexity index is 577. The molecule has 0 aliphatic carbocycles. The zero-order valence-corrected chi connectivity index (χ0v) is 10.7. The first-order chi connectivity index (χ1) is 9.15. The van der Waals surface area contributed by atoms with E-state index in [4.69, 9.17) is 10.5 Å². The predicted octanol–water partition coefficient (Wildman–Crippen LogP) is 0.704. The fraction of sp³-hybridized carbons (Fsp3) is 0.250. The number of carbonyl (C=O) groups is 1. The van der Waals surface area contributed by atoms with Crippen LogP contribution in [-0.4, -0.2) is 34.7 Å². The number of esters is 1. The Morgan fingerprint density at radius 1 is 1.37 bits per heavy atom. The summed E-state index contributed by atoms with van der Waals surface area (Å²) in [6, 6.07) is 3.62. The lowest BCUT2D eigenvalue weighted by atomic mass is 10.3. The molecule has 0 aromatic carbocycles. The van der Waals surface area contributed by atoms with Gasteiger partial charge in [-0.25, -0.2) is 14.8 Å². The van der Waals surface area contributed by atoms with Crippen LogP contribution in [0.4, 0.5) is 5.82 Å². The standard InChI is InChI=1S/C12H14N4O3/c1-18-9-4-3-8(5-14-9)6-16-7-15-10(11(16)13)12(17)19-2/h3-5,7H,6,13H2,1-2H3. The van der Waals surface area contributed by atoms with Gasteiger partial charge in [0.1, 0.15) is 5.82 Å². The van der Waals surface area contributed by atoms with Crippen molar-refractivity contribution in [3.05, 3.63) is 35.9 Å². The molecule has 0 saturated heterocycles. The number of imidazole rings is 1. The highest BCUT2D eigenvalue weighted by molar-refractivity contribution is 5.92. The molecule has 2 aromatic heterocycles. The summed E-state index contributed by atoms with van der Waals surface area (Å²) in [5, 5.41) is 0. The maximum Gasteiger partial charge on any atom is 0.360 e. The summed E-state index contributed by atoms with van der Waals surface area (Å²) < 4.78 is 11.2. The fourth-order valence-corrected chi connectivity index (χ4v) is 1.59. The Kier molecular flexibility index (Phi) is 3.65. The fourth-order valence-electron chi connectivity index (χ4n) is 1.59. The average molecular weight is 262 g/mol. The molecule has 0 fully saturated rings. The van der Waals surface area contributed by atoms with E-state index in [9.17, 15) is 4.79 Å². The van der Waals surface area contributed by atoms with Crippen LogP contribution in [0.2, 0.25) is 0 Å². The van der Waals surface area contributed by atoms with Crippen LogP contribution < -0.4 is 10.5 Å². The highest BCUT2D eigenvalue weighted by atomic mass is 16.5. The van der Waals surface area contributed by atoms with Crippen molar-refractivity contribution < 1.29 is 14.3 Å². The minimum absolute atomic E-state index is 0.115. The van der Waals surface area contributed by atoms with Crippen molar-refractivity contribution in [3.8, 4) is 5.88 Å². The van der Waals surface area contributed by atoms with Gasteiger partial charge in [-0.2, -0.15) is 0 Å². The maximum absolute atomic E-state index is 11.4. The first-order valence-electron chi connectivity index (χ1n) is 5.53. The van der Waals surface area contributed by atoms with Crippen molar-refractivity contribution in [1.82, 2.24) is 14.5 Å². The van der Waals surface area contributed by atoms with Gasteiger partial charge < -0.3 is 19.8 Å². The number of carbonyl (C=O) groups excluding carboxylic acids is 1. The number of pyridine rings is 1. The molecule has 0 saturated carbocycles. The zero-order valence-electron chi connectivity index (χ0n) is 10.7. The molecule has 19 heavy (non-hydrogen) atoms. The van der Waals surface area contributed by atoms with Crippen LogP contribution in [0.5, 0.6) is 5.88 Å². The summed E-state index contributed by atoms with van der Waals surface area (Å²) in [6.45, 7) is 0.465. The zero-order chi connectivity index (χ0) is 13.8. The number of rotatable bonds is 4. The Morgan fingerprint density at radius 2 is 2.16 bits per heavy atom. The van der Waals surface area contributed by atoms with Crippen LogP contribution in [0.3, 0.4) is 0 Å². The second-order valence-corrected chi connectivity index (χ2v) is 3.81. The van der Waals surface area contributed by atoms with Gasteiger partial charge >= 0.3 is 5.97 Å². The van der Waals surface area contributed by atoms with Gasteiger partial charge in [-0.1, -0.05) is 6.07 Å². The molecule has 0 bridgehead atoms. The van der Waals surface area contributed by atoms with Crippen molar-refractivity contribution in [2.24, 2.45) is 0 Å². The molecule has 7 nitrogen and oxygen atoms in total. The van der Waals surface area contributed by atoms with E-state index in [1.54, 1.807) is 23.9 Å². The third-order valence-electron chi connectivity index (χ3n) is 2.62. The Morgan fingerprint density at radius 3 is 2.74 bits per heavy atom. The van der Waals surface area contributed by atoms with E-state index < -0.39 is 5.97 Å². The van der Waals surface area contributed by atoms with Gasteiger partial charge in [-0.05, 0) is 5.56 Å². The topological polar surface area (TPSA) is 92.3 Å². The summed E-state index contributed by atoms with van der Waals surface area (Å²) >= 11 is 0. The molecule has 0 aliphatic rings. The number of methoxy groups -OCH3 is 2. The molecule has 0 atom stereocenters. The monoisotopic (exact) mass is 262 g/mol. The number of ether oxygens (including phenoxy) is 2. The van der Waals surface area contributed by atoms with E-state index >= 15 is 0 Å². The quantitative estimate of drug-likeness (QED) is 0.815. The van der Waals surface area contributed by atoms with Gasteiger partial charge in [-0.15, -0.1) is 0 Å². The Balaban J connectivity index is 2.19. The molecule has 2 aromatic rings. The Labute approximate surface area is 110 Å². The lowest BCUT2D eigenvalue weighted by Gasteiger charge is -2.06. The SMILES string of the molecule is COC(=O)c1ncn(Cc2ccc(OC)nc2)c1N. The molecule has 0 amide bonds. The smallest absolute Gasteiger partial charge is 0.360 e. The van der Waals surface area contributed by atoms with Crippen molar-refractivity contribution in [3.63, 3.8) is 0 Å². The molecule has 2 rings (SSSR count). The number of nitrogen functional groups attached to an aromatic ring is 1. The first-order valence-corrected chi connectivity index (χ1v) is 5.53. The van der Waals surface area contributed by atoms with E-state index in [0.29, 0.717) is 12.4 Å². The van der Waals surface area contributed by atoms with Crippen molar-refractivity contribution in [2.45, 2.75) is 6.54 Å². The lowest BCUT2D eigenvalue weighted by molar-refractivity contribution is 0.0596. The molecular weight excluding hydrogens is 248 g/mol. The largest absolute Gasteiger partial charge is 0.481 e. The molecule has 0 radical (unpaired) electrons. The Hall–Kier alpha value is -2.57. The average Bonchev–Trinajstić information content (AvgIpc) is 2.80. The summed E-state index contributed by atoms with van der Waals surface area (Å²) in [5.74, 6) is 0.254. The lowest BCUT2D eigenvalue weighted by Crippen LogP contribution is -2.09. The van der Waals surface area contributed by atoms with Crippen LogP contribution in [0.1, 0.15) is 16.1 Å². The molecule has 7 heteroatoms. The third-order valence-corrected chi connectivity index (χ3v) is 2.62.